The van der Waals surface area contributed by atoms with E-state index in [-0.39, 0.29) is 10.7 Å². The number of H-pyrrole nitrogens is 1. The van der Waals surface area contributed by atoms with Crippen LogP contribution in [-0.4, -0.2) is 30.2 Å². The van der Waals surface area contributed by atoms with Gasteiger partial charge in [0.05, 0.1) is 6.20 Å². The van der Waals surface area contributed by atoms with Crippen LogP contribution in [0.4, 0.5) is 10.6 Å². The molecule has 17 heavy (non-hydrogen) atoms. The number of nitrogens with two attached hydrogens (primary N) is 1. The first-order chi connectivity index (χ1) is 7.62. The van der Waals surface area contributed by atoms with Gasteiger partial charge >= 0.3 is 6.03 Å². The third kappa shape index (κ3) is 3.63. The Balaban J connectivity index is 2.82. The van der Waals surface area contributed by atoms with Crippen LogP contribution in [0.25, 0.3) is 0 Å². The Hall–Kier alpha value is -1.77. The van der Waals surface area contributed by atoms with Crippen LogP contribution in [0.5, 0.6) is 0 Å². The standard InChI is InChI=1S/C8H15N5O3S/c1-8(2,3)11-7(14)13-17(15,16)5-4-10-12-6(5)9/h4H,1-3H3,(H3,9,10,12)(H2,11,13,14). The highest BCUT2D eigenvalue weighted by Crippen LogP contribution is 2.13. The number of nitrogens with zero attached hydrogens (tertiary/aromatic N) is 1. The molecule has 9 heteroatoms. The molecule has 0 bridgehead atoms. The molecule has 8 nitrogen and oxygen atoms in total. The Bertz CT molecular complexity index is 514. The number of sulfonamides is 1. The third-order valence-corrected chi connectivity index (χ3v) is 3.00. The molecule has 0 fully saturated rings. The van der Waals surface area contributed by atoms with Crippen LogP contribution in [-0.2, 0) is 10.0 Å². The van der Waals surface area contributed by atoms with E-state index in [1.807, 2.05) is 4.72 Å². The molecule has 1 aromatic rings. The van der Waals surface area contributed by atoms with E-state index in [4.69, 9.17) is 5.73 Å². The van der Waals surface area contributed by atoms with Crippen LogP contribution in [0.1, 0.15) is 20.8 Å². The summed E-state index contributed by atoms with van der Waals surface area (Å²) in [5, 5.41) is 8.20. The van der Waals surface area contributed by atoms with E-state index in [0.717, 1.165) is 6.20 Å². The zero-order valence-electron chi connectivity index (χ0n) is 9.73. The molecule has 5 N–H and O–H groups in total. The zero-order chi connectivity index (χ0) is 13.3. The topological polar surface area (TPSA) is 130 Å². The molecule has 0 spiro atoms. The number of carbonyl (C=O) groups is 1. The molecule has 0 aromatic carbocycles. The maximum atomic E-state index is 11.7. The van der Waals surface area contributed by atoms with Crippen LogP contribution < -0.4 is 15.8 Å². The van der Waals surface area contributed by atoms with Crippen molar-refractivity contribution >= 4 is 21.9 Å². The normalized spacial score (nSPS) is 12.2. The van der Waals surface area contributed by atoms with Gasteiger partial charge in [0.25, 0.3) is 10.0 Å². The molecule has 0 aliphatic carbocycles. The predicted octanol–water partition coefficient (Wildman–Crippen LogP) is -0.222. The molecule has 2 amide bonds. The van der Waals surface area contributed by atoms with Gasteiger partial charge in [-0.3, -0.25) is 5.10 Å². The summed E-state index contributed by atoms with van der Waals surface area (Å²) < 4.78 is 25.2. The second-order valence-corrected chi connectivity index (χ2v) is 6.11. The van der Waals surface area contributed by atoms with Gasteiger partial charge in [0.2, 0.25) is 0 Å². The number of hydrogen-bond acceptors (Lipinski definition) is 5. The minimum Gasteiger partial charge on any atom is -0.383 e. The second kappa shape index (κ2) is 4.24. The number of hydrogen-bond donors (Lipinski definition) is 4. The quantitative estimate of drug-likeness (QED) is 0.584. The maximum absolute atomic E-state index is 11.7. The number of urea groups is 1. The lowest BCUT2D eigenvalue weighted by atomic mass is 10.1. The van der Waals surface area contributed by atoms with Gasteiger partial charge in [-0.1, -0.05) is 0 Å². The zero-order valence-corrected chi connectivity index (χ0v) is 10.6. The molecule has 0 atom stereocenters. The van der Waals surface area contributed by atoms with E-state index in [0.29, 0.717) is 0 Å². The van der Waals surface area contributed by atoms with Crippen molar-refractivity contribution in [1.82, 2.24) is 20.2 Å². The first-order valence-corrected chi connectivity index (χ1v) is 6.24. The van der Waals surface area contributed by atoms with Gasteiger partial charge in [0.15, 0.2) is 0 Å². The summed E-state index contributed by atoms with van der Waals surface area (Å²) in [5.41, 5.74) is 4.82. The first-order valence-electron chi connectivity index (χ1n) is 4.75. The molecular formula is C8H15N5O3S. The smallest absolute Gasteiger partial charge is 0.329 e. The SMILES string of the molecule is CC(C)(C)NC(=O)NS(=O)(=O)c1cn[nH]c1N. The van der Waals surface area contributed by atoms with Crippen molar-refractivity contribution < 1.29 is 13.2 Å². The second-order valence-electron chi connectivity index (χ2n) is 4.46. The van der Waals surface area contributed by atoms with Gasteiger partial charge in [0.1, 0.15) is 10.7 Å². The number of amides is 2. The number of nitrogens with one attached hydrogen (secondary N) is 3. The number of anilines is 1. The van der Waals surface area contributed by atoms with Gasteiger partial charge in [-0.25, -0.2) is 17.9 Å². The van der Waals surface area contributed by atoms with Gasteiger partial charge in [-0.05, 0) is 20.8 Å². The molecule has 0 saturated carbocycles. The van der Waals surface area contributed by atoms with Crippen molar-refractivity contribution in [3.8, 4) is 0 Å². The molecule has 0 unspecified atom stereocenters. The van der Waals surface area contributed by atoms with E-state index in [2.05, 4.69) is 15.5 Å². The molecule has 1 aromatic heterocycles. The van der Waals surface area contributed by atoms with E-state index in [1.54, 1.807) is 20.8 Å². The van der Waals surface area contributed by atoms with Crippen molar-refractivity contribution in [1.29, 1.82) is 0 Å². The summed E-state index contributed by atoms with van der Waals surface area (Å²) >= 11 is 0. The predicted molar refractivity (Wildman–Crippen MR) is 61.6 cm³/mol. The summed E-state index contributed by atoms with van der Waals surface area (Å²) in [6.07, 6.45) is 1.03. The number of aromatic amines is 1. The van der Waals surface area contributed by atoms with Crippen LogP contribution in [0.15, 0.2) is 11.1 Å². The van der Waals surface area contributed by atoms with Crippen molar-refractivity contribution in [3.05, 3.63) is 6.20 Å². The minimum atomic E-state index is -4.00. The van der Waals surface area contributed by atoms with E-state index in [9.17, 15) is 13.2 Å². The van der Waals surface area contributed by atoms with Crippen LogP contribution >= 0.6 is 0 Å². The molecule has 0 saturated heterocycles. The Labute approximate surface area is 99.0 Å². The highest BCUT2D eigenvalue weighted by Gasteiger charge is 2.23. The number of rotatable bonds is 2. The number of aromatic nitrogens is 2. The molecule has 96 valence electrons. The monoisotopic (exact) mass is 261 g/mol. The maximum Gasteiger partial charge on any atom is 0.329 e. The summed E-state index contributed by atoms with van der Waals surface area (Å²) in [7, 11) is -4.00. The largest absolute Gasteiger partial charge is 0.383 e. The number of nitrogen functional groups attached to an aromatic ring is 1. The lowest BCUT2D eigenvalue weighted by molar-refractivity contribution is 0.237. The fourth-order valence-electron chi connectivity index (χ4n) is 1.04. The third-order valence-electron chi connectivity index (χ3n) is 1.64. The Morgan fingerprint density at radius 1 is 1.47 bits per heavy atom. The van der Waals surface area contributed by atoms with Crippen molar-refractivity contribution in [3.63, 3.8) is 0 Å². The average Bonchev–Trinajstić information content (AvgIpc) is 2.46. The van der Waals surface area contributed by atoms with Crippen LogP contribution in [0.3, 0.4) is 0 Å². The molecule has 0 radical (unpaired) electrons. The summed E-state index contributed by atoms with van der Waals surface area (Å²) in [6.45, 7) is 5.18. The molecule has 0 aliphatic rings. The Kier molecular flexibility index (Phi) is 3.32. The molecule has 1 heterocycles. The Morgan fingerprint density at radius 2 is 2.06 bits per heavy atom. The summed E-state index contributed by atoms with van der Waals surface area (Å²) in [5.74, 6) is -0.124. The molecular weight excluding hydrogens is 246 g/mol. The lowest BCUT2D eigenvalue weighted by Crippen LogP contribution is -2.48. The van der Waals surface area contributed by atoms with E-state index in [1.165, 1.54) is 0 Å². The summed E-state index contributed by atoms with van der Waals surface area (Å²) in [6, 6.07) is -0.821. The fourth-order valence-corrected chi connectivity index (χ4v) is 1.97. The van der Waals surface area contributed by atoms with Gasteiger partial charge in [-0.15, -0.1) is 0 Å². The lowest BCUT2D eigenvalue weighted by Gasteiger charge is -2.20. The first kappa shape index (κ1) is 13.3. The van der Waals surface area contributed by atoms with Crippen molar-refractivity contribution in [2.75, 3.05) is 5.73 Å². The summed E-state index contributed by atoms with van der Waals surface area (Å²) in [4.78, 5) is 11.1. The fraction of sp³-hybridized carbons (Fsp3) is 0.500. The van der Waals surface area contributed by atoms with E-state index >= 15 is 0 Å². The van der Waals surface area contributed by atoms with Gasteiger partial charge in [0, 0.05) is 5.54 Å². The van der Waals surface area contributed by atoms with Crippen molar-refractivity contribution in [2.45, 2.75) is 31.2 Å². The van der Waals surface area contributed by atoms with Crippen LogP contribution in [0.2, 0.25) is 0 Å². The molecule has 0 aliphatic heterocycles. The molecule has 1 rings (SSSR count). The number of carbonyl (C=O) groups excluding carboxylic acids is 1. The van der Waals surface area contributed by atoms with Gasteiger partial charge in [-0.2, -0.15) is 5.10 Å². The highest BCUT2D eigenvalue weighted by molar-refractivity contribution is 7.90. The van der Waals surface area contributed by atoms with E-state index < -0.39 is 21.6 Å². The van der Waals surface area contributed by atoms with Gasteiger partial charge < -0.3 is 11.1 Å². The van der Waals surface area contributed by atoms with Crippen LogP contribution in [0, 0.1) is 0 Å². The highest BCUT2D eigenvalue weighted by atomic mass is 32.2. The average molecular weight is 261 g/mol. The Morgan fingerprint density at radius 3 is 2.47 bits per heavy atom. The minimum absolute atomic E-state index is 0.124. The van der Waals surface area contributed by atoms with Crippen molar-refractivity contribution in [2.24, 2.45) is 0 Å².